The standard InChI is InChI=1S/C23H40N6O2/c1-3-24-23(25-9-5-14-30-18-21-8-15-31-19-21)27-17-20-6-7-22(26-16-20)29-12-10-28(4-2)11-13-29/h6-7,16,21H,3-5,8-15,17-19H2,1-2H3,(H2,24,25,27). The van der Waals surface area contributed by atoms with Gasteiger partial charge in [-0.2, -0.15) is 0 Å². The van der Waals surface area contributed by atoms with Gasteiger partial charge in [0.15, 0.2) is 5.96 Å². The Bertz CT molecular complexity index is 640. The Morgan fingerprint density at radius 2 is 2.10 bits per heavy atom. The van der Waals surface area contributed by atoms with Crippen molar-refractivity contribution in [3.63, 3.8) is 0 Å². The summed E-state index contributed by atoms with van der Waals surface area (Å²) in [7, 11) is 0. The number of pyridine rings is 1. The molecule has 8 nitrogen and oxygen atoms in total. The van der Waals surface area contributed by atoms with Crippen molar-refractivity contribution in [2.24, 2.45) is 10.9 Å². The molecular weight excluding hydrogens is 392 g/mol. The Morgan fingerprint density at radius 3 is 2.77 bits per heavy atom. The van der Waals surface area contributed by atoms with Gasteiger partial charge in [0, 0.05) is 64.6 Å². The summed E-state index contributed by atoms with van der Waals surface area (Å²) in [5, 5.41) is 6.70. The van der Waals surface area contributed by atoms with Gasteiger partial charge in [-0.25, -0.2) is 9.98 Å². The average Bonchev–Trinajstić information content (AvgIpc) is 3.33. The van der Waals surface area contributed by atoms with Crippen molar-refractivity contribution in [1.82, 2.24) is 20.5 Å². The van der Waals surface area contributed by atoms with E-state index >= 15 is 0 Å². The van der Waals surface area contributed by atoms with Gasteiger partial charge in [0.05, 0.1) is 19.8 Å². The van der Waals surface area contributed by atoms with Crippen LogP contribution in [0.2, 0.25) is 0 Å². The lowest BCUT2D eigenvalue weighted by molar-refractivity contribution is 0.0888. The number of hydrogen-bond acceptors (Lipinski definition) is 6. The quantitative estimate of drug-likeness (QED) is 0.313. The smallest absolute Gasteiger partial charge is 0.191 e. The predicted octanol–water partition coefficient (Wildman–Crippen LogP) is 1.72. The highest BCUT2D eigenvalue weighted by atomic mass is 16.5. The second-order valence-corrected chi connectivity index (χ2v) is 8.23. The summed E-state index contributed by atoms with van der Waals surface area (Å²) in [4.78, 5) is 14.2. The molecule has 2 aliphatic heterocycles. The van der Waals surface area contributed by atoms with Crippen LogP contribution in [0.5, 0.6) is 0 Å². The zero-order valence-corrected chi connectivity index (χ0v) is 19.3. The first-order valence-corrected chi connectivity index (χ1v) is 11.9. The van der Waals surface area contributed by atoms with E-state index < -0.39 is 0 Å². The molecule has 2 aliphatic rings. The molecule has 2 saturated heterocycles. The summed E-state index contributed by atoms with van der Waals surface area (Å²) >= 11 is 0. The first kappa shape index (κ1) is 23.8. The zero-order chi connectivity index (χ0) is 21.7. The minimum absolute atomic E-state index is 0.577. The van der Waals surface area contributed by atoms with Crippen molar-refractivity contribution < 1.29 is 9.47 Å². The lowest BCUT2D eigenvalue weighted by Crippen LogP contribution is -2.46. The highest BCUT2D eigenvalue weighted by Gasteiger charge is 2.16. The van der Waals surface area contributed by atoms with Crippen LogP contribution < -0.4 is 15.5 Å². The number of aromatic nitrogens is 1. The number of ether oxygens (including phenoxy) is 2. The Balaban J connectivity index is 1.36. The average molecular weight is 433 g/mol. The number of rotatable bonds is 11. The predicted molar refractivity (Wildman–Crippen MR) is 126 cm³/mol. The van der Waals surface area contributed by atoms with E-state index in [-0.39, 0.29) is 0 Å². The van der Waals surface area contributed by atoms with Crippen LogP contribution in [0.1, 0.15) is 32.3 Å². The van der Waals surface area contributed by atoms with Gasteiger partial charge in [-0.15, -0.1) is 0 Å². The number of guanidine groups is 1. The lowest BCUT2D eigenvalue weighted by Gasteiger charge is -2.34. The maximum atomic E-state index is 5.77. The maximum Gasteiger partial charge on any atom is 0.191 e. The molecule has 2 fully saturated rings. The molecule has 1 aromatic rings. The number of piperazine rings is 1. The first-order valence-electron chi connectivity index (χ1n) is 11.9. The maximum absolute atomic E-state index is 5.77. The van der Waals surface area contributed by atoms with E-state index in [4.69, 9.17) is 14.5 Å². The van der Waals surface area contributed by atoms with E-state index in [1.807, 2.05) is 6.20 Å². The van der Waals surface area contributed by atoms with Gasteiger partial charge in [0.25, 0.3) is 0 Å². The molecule has 0 aromatic carbocycles. The van der Waals surface area contributed by atoms with Crippen LogP contribution in [-0.2, 0) is 16.0 Å². The second-order valence-electron chi connectivity index (χ2n) is 8.23. The fraction of sp³-hybridized carbons (Fsp3) is 0.739. The number of nitrogens with one attached hydrogen (secondary N) is 2. The Kier molecular flexibility index (Phi) is 10.3. The molecule has 2 N–H and O–H groups in total. The molecule has 1 aromatic heterocycles. The van der Waals surface area contributed by atoms with Crippen molar-refractivity contribution in [3.8, 4) is 0 Å². The number of anilines is 1. The van der Waals surface area contributed by atoms with Crippen LogP contribution in [0.4, 0.5) is 5.82 Å². The largest absolute Gasteiger partial charge is 0.381 e. The SMILES string of the molecule is CCNC(=NCc1ccc(N2CCN(CC)CC2)nc1)NCCCOCC1CCOC1. The molecule has 1 atom stereocenters. The minimum atomic E-state index is 0.577. The zero-order valence-electron chi connectivity index (χ0n) is 19.3. The third-order valence-corrected chi connectivity index (χ3v) is 5.85. The van der Waals surface area contributed by atoms with Gasteiger partial charge < -0.3 is 29.9 Å². The van der Waals surface area contributed by atoms with Gasteiger partial charge in [-0.1, -0.05) is 13.0 Å². The highest BCUT2D eigenvalue weighted by Crippen LogP contribution is 2.14. The summed E-state index contributed by atoms with van der Waals surface area (Å²) in [5.41, 5.74) is 1.12. The molecule has 0 radical (unpaired) electrons. The van der Waals surface area contributed by atoms with Gasteiger partial charge in [0.1, 0.15) is 5.82 Å². The van der Waals surface area contributed by atoms with Crippen molar-refractivity contribution >= 4 is 11.8 Å². The number of nitrogens with zero attached hydrogens (tertiary/aromatic N) is 4. The van der Waals surface area contributed by atoms with Crippen molar-refractivity contribution in [2.45, 2.75) is 33.2 Å². The molecule has 174 valence electrons. The van der Waals surface area contributed by atoms with Crippen molar-refractivity contribution in [3.05, 3.63) is 23.9 Å². The fourth-order valence-corrected chi connectivity index (χ4v) is 3.85. The van der Waals surface area contributed by atoms with Crippen LogP contribution in [-0.4, -0.2) is 88.1 Å². The molecule has 1 unspecified atom stereocenters. The van der Waals surface area contributed by atoms with Crippen LogP contribution >= 0.6 is 0 Å². The molecule has 0 bridgehead atoms. The number of aliphatic imine (C=N–C) groups is 1. The van der Waals surface area contributed by atoms with E-state index in [1.54, 1.807) is 0 Å². The molecule has 8 heteroatoms. The monoisotopic (exact) mass is 432 g/mol. The molecule has 0 saturated carbocycles. The molecule has 31 heavy (non-hydrogen) atoms. The van der Waals surface area contributed by atoms with Gasteiger partial charge >= 0.3 is 0 Å². The van der Waals surface area contributed by atoms with Crippen LogP contribution in [0, 0.1) is 5.92 Å². The minimum Gasteiger partial charge on any atom is -0.381 e. The van der Waals surface area contributed by atoms with Crippen molar-refractivity contribution in [2.75, 3.05) is 77.1 Å². The van der Waals surface area contributed by atoms with E-state index in [1.165, 1.54) is 0 Å². The number of likely N-dealkylation sites (N-methyl/N-ethyl adjacent to an activating group) is 1. The summed E-state index contributed by atoms with van der Waals surface area (Å²) in [5.74, 6) is 2.48. The van der Waals surface area contributed by atoms with E-state index in [9.17, 15) is 0 Å². The summed E-state index contributed by atoms with van der Waals surface area (Å²) in [6.07, 6.45) is 4.04. The number of hydrogen-bond donors (Lipinski definition) is 2. The topological polar surface area (TPSA) is 74.3 Å². The van der Waals surface area contributed by atoms with Crippen molar-refractivity contribution in [1.29, 1.82) is 0 Å². The third kappa shape index (κ3) is 8.27. The first-order chi connectivity index (χ1) is 15.3. The molecule has 3 heterocycles. The fourth-order valence-electron chi connectivity index (χ4n) is 3.85. The van der Waals surface area contributed by atoms with Gasteiger partial charge in [-0.3, -0.25) is 0 Å². The Morgan fingerprint density at radius 1 is 1.23 bits per heavy atom. The summed E-state index contributed by atoms with van der Waals surface area (Å²) < 4.78 is 11.1. The highest BCUT2D eigenvalue weighted by molar-refractivity contribution is 5.79. The van der Waals surface area contributed by atoms with E-state index in [0.717, 1.165) is 102 Å². The lowest BCUT2D eigenvalue weighted by atomic mass is 10.1. The van der Waals surface area contributed by atoms with Crippen LogP contribution in [0.3, 0.4) is 0 Å². The molecular formula is C23H40N6O2. The Labute approximate surface area is 187 Å². The van der Waals surface area contributed by atoms with Gasteiger partial charge in [-0.05, 0) is 37.9 Å². The van der Waals surface area contributed by atoms with Gasteiger partial charge in [0.2, 0.25) is 0 Å². The van der Waals surface area contributed by atoms with Crippen LogP contribution in [0.25, 0.3) is 0 Å². The van der Waals surface area contributed by atoms with Crippen LogP contribution in [0.15, 0.2) is 23.3 Å². The molecule has 0 spiro atoms. The molecule has 0 amide bonds. The van der Waals surface area contributed by atoms with E-state index in [0.29, 0.717) is 12.5 Å². The normalized spacial score (nSPS) is 20.3. The summed E-state index contributed by atoms with van der Waals surface area (Å²) in [6.45, 7) is 15.4. The Hall–Kier alpha value is -1.90. The summed E-state index contributed by atoms with van der Waals surface area (Å²) in [6, 6.07) is 4.27. The second kappa shape index (κ2) is 13.5. The third-order valence-electron chi connectivity index (χ3n) is 5.85. The molecule has 0 aliphatic carbocycles. The van der Waals surface area contributed by atoms with E-state index in [2.05, 4.69) is 51.4 Å². The molecule has 3 rings (SSSR count).